The molecule has 0 amide bonds. The number of aryl methyl sites for hydroxylation is 2. The third-order valence-corrected chi connectivity index (χ3v) is 3.58. The lowest BCUT2D eigenvalue weighted by Gasteiger charge is -2.12. The zero-order valence-electron chi connectivity index (χ0n) is 11.3. The Labute approximate surface area is 110 Å². The normalized spacial score (nSPS) is 15.7. The Kier molecular flexibility index (Phi) is 5.21. The maximum Gasteiger partial charge on any atom is 0.0602 e. The molecule has 1 aromatic carbocycles. The number of hydrogen-bond donors (Lipinski definition) is 1. The summed E-state index contributed by atoms with van der Waals surface area (Å²) in [6.45, 7) is 3.56. The molecule has 1 unspecified atom stereocenters. The summed E-state index contributed by atoms with van der Waals surface area (Å²) in [5.74, 6) is 0. The van der Waals surface area contributed by atoms with Crippen LogP contribution < -0.4 is 0 Å². The van der Waals surface area contributed by atoms with Crippen LogP contribution in [0.4, 0.5) is 0 Å². The van der Waals surface area contributed by atoms with Crippen molar-refractivity contribution in [2.24, 2.45) is 0 Å². The summed E-state index contributed by atoms with van der Waals surface area (Å²) in [6, 6.07) is 6.68. The van der Waals surface area contributed by atoms with Gasteiger partial charge in [0.25, 0.3) is 0 Å². The van der Waals surface area contributed by atoms with Crippen LogP contribution in [0.25, 0.3) is 0 Å². The van der Waals surface area contributed by atoms with Crippen molar-refractivity contribution in [2.45, 2.75) is 51.6 Å². The topological polar surface area (TPSA) is 29.5 Å². The van der Waals surface area contributed by atoms with Crippen LogP contribution in [0.2, 0.25) is 0 Å². The average Bonchev–Trinajstić information content (AvgIpc) is 2.82. The molecule has 0 radical (unpaired) electrons. The number of ether oxygens (including phenoxy) is 1. The largest absolute Gasteiger partial charge is 0.393 e. The summed E-state index contributed by atoms with van der Waals surface area (Å²) >= 11 is 0. The molecule has 0 spiro atoms. The average molecular weight is 248 g/mol. The molecular weight excluding hydrogens is 224 g/mol. The molecule has 2 heteroatoms. The van der Waals surface area contributed by atoms with Crippen molar-refractivity contribution in [1.29, 1.82) is 0 Å². The molecule has 1 N–H and O–H groups in total. The summed E-state index contributed by atoms with van der Waals surface area (Å²) < 4.78 is 5.41. The third kappa shape index (κ3) is 3.82. The highest BCUT2D eigenvalue weighted by atomic mass is 16.5. The Balaban J connectivity index is 1.78. The Morgan fingerprint density at radius 1 is 1.22 bits per heavy atom. The summed E-state index contributed by atoms with van der Waals surface area (Å²) in [5.41, 5.74) is 4.25. The van der Waals surface area contributed by atoms with E-state index in [1.165, 1.54) is 36.0 Å². The highest BCUT2D eigenvalue weighted by Crippen LogP contribution is 2.23. The fourth-order valence-electron chi connectivity index (χ4n) is 2.59. The Bertz CT molecular complexity index is 373. The Morgan fingerprint density at radius 2 is 2.06 bits per heavy atom. The van der Waals surface area contributed by atoms with Crippen molar-refractivity contribution in [1.82, 2.24) is 0 Å². The Morgan fingerprint density at radius 3 is 2.89 bits per heavy atom. The lowest BCUT2D eigenvalue weighted by molar-refractivity contribution is 0.0824. The molecule has 0 fully saturated rings. The van der Waals surface area contributed by atoms with Gasteiger partial charge in [-0.3, -0.25) is 0 Å². The minimum atomic E-state index is -0.277. The maximum atomic E-state index is 9.97. The molecule has 0 bridgehead atoms. The van der Waals surface area contributed by atoms with Crippen molar-refractivity contribution < 1.29 is 9.84 Å². The van der Waals surface area contributed by atoms with Crippen LogP contribution in [0.1, 0.15) is 42.9 Å². The standard InChI is InChI=1S/C16H24O2/c1-2-9-18-10-8-16(17)12-13-6-7-14-4-3-5-15(14)11-13/h6-7,11,16-17H,2-5,8-10,12H2,1H3. The number of aliphatic hydroxyl groups excluding tert-OH is 1. The van der Waals surface area contributed by atoms with Gasteiger partial charge in [0.2, 0.25) is 0 Å². The maximum absolute atomic E-state index is 9.97. The van der Waals surface area contributed by atoms with Gasteiger partial charge in [0.1, 0.15) is 0 Å². The molecule has 2 rings (SSSR count). The first-order valence-electron chi connectivity index (χ1n) is 7.16. The molecule has 1 atom stereocenters. The first-order valence-corrected chi connectivity index (χ1v) is 7.16. The zero-order valence-corrected chi connectivity index (χ0v) is 11.3. The highest BCUT2D eigenvalue weighted by Gasteiger charge is 2.12. The second-order valence-corrected chi connectivity index (χ2v) is 5.22. The fraction of sp³-hybridized carbons (Fsp3) is 0.625. The molecule has 1 aromatic rings. The van der Waals surface area contributed by atoms with E-state index < -0.39 is 0 Å². The van der Waals surface area contributed by atoms with Gasteiger partial charge in [0.15, 0.2) is 0 Å². The lowest BCUT2D eigenvalue weighted by atomic mass is 10.0. The number of fused-ring (bicyclic) bond motifs is 1. The Hall–Kier alpha value is -0.860. The third-order valence-electron chi connectivity index (χ3n) is 3.58. The van der Waals surface area contributed by atoms with Gasteiger partial charge in [-0.1, -0.05) is 25.1 Å². The van der Waals surface area contributed by atoms with Gasteiger partial charge >= 0.3 is 0 Å². The van der Waals surface area contributed by atoms with Gasteiger partial charge in [0, 0.05) is 13.2 Å². The molecule has 2 nitrogen and oxygen atoms in total. The smallest absolute Gasteiger partial charge is 0.0602 e. The van der Waals surface area contributed by atoms with E-state index in [4.69, 9.17) is 4.74 Å². The van der Waals surface area contributed by atoms with E-state index in [0.29, 0.717) is 6.61 Å². The van der Waals surface area contributed by atoms with Gasteiger partial charge in [-0.25, -0.2) is 0 Å². The molecular formula is C16H24O2. The van der Waals surface area contributed by atoms with Crippen molar-refractivity contribution in [2.75, 3.05) is 13.2 Å². The molecule has 1 aliphatic carbocycles. The summed E-state index contributed by atoms with van der Waals surface area (Å²) in [5, 5.41) is 9.97. The van der Waals surface area contributed by atoms with Crippen LogP contribution in [-0.2, 0) is 24.0 Å². The van der Waals surface area contributed by atoms with Crippen molar-refractivity contribution in [3.05, 3.63) is 34.9 Å². The van der Waals surface area contributed by atoms with Gasteiger partial charge < -0.3 is 9.84 Å². The number of hydrogen-bond acceptors (Lipinski definition) is 2. The van der Waals surface area contributed by atoms with E-state index in [1.54, 1.807) is 0 Å². The monoisotopic (exact) mass is 248 g/mol. The van der Waals surface area contributed by atoms with Crippen molar-refractivity contribution in [3.63, 3.8) is 0 Å². The van der Waals surface area contributed by atoms with E-state index in [2.05, 4.69) is 25.1 Å². The van der Waals surface area contributed by atoms with Crippen LogP contribution in [0.15, 0.2) is 18.2 Å². The van der Waals surface area contributed by atoms with E-state index in [1.807, 2.05) is 0 Å². The summed E-state index contributed by atoms with van der Waals surface area (Å²) in [7, 11) is 0. The first-order chi connectivity index (χ1) is 8.79. The number of benzene rings is 1. The van der Waals surface area contributed by atoms with E-state index >= 15 is 0 Å². The van der Waals surface area contributed by atoms with Gasteiger partial charge in [-0.05, 0) is 55.2 Å². The minimum Gasteiger partial charge on any atom is -0.393 e. The first kappa shape index (κ1) is 13.6. The number of rotatable bonds is 7. The molecule has 18 heavy (non-hydrogen) atoms. The van der Waals surface area contributed by atoms with Gasteiger partial charge in [-0.15, -0.1) is 0 Å². The molecule has 0 saturated carbocycles. The van der Waals surface area contributed by atoms with Crippen LogP contribution >= 0.6 is 0 Å². The zero-order chi connectivity index (χ0) is 12.8. The lowest BCUT2D eigenvalue weighted by Crippen LogP contribution is -2.14. The van der Waals surface area contributed by atoms with Crippen LogP contribution in [0, 0.1) is 0 Å². The molecule has 1 aliphatic rings. The van der Waals surface area contributed by atoms with E-state index in [0.717, 1.165) is 25.9 Å². The molecule has 0 aliphatic heterocycles. The van der Waals surface area contributed by atoms with Crippen molar-refractivity contribution in [3.8, 4) is 0 Å². The fourth-order valence-corrected chi connectivity index (χ4v) is 2.59. The SMILES string of the molecule is CCCOCCC(O)Cc1ccc2c(c1)CCC2. The second kappa shape index (κ2) is 6.91. The number of aliphatic hydroxyl groups is 1. The quantitative estimate of drug-likeness (QED) is 0.752. The summed E-state index contributed by atoms with van der Waals surface area (Å²) in [6.07, 6.45) is 5.97. The molecule has 0 aromatic heterocycles. The van der Waals surface area contributed by atoms with E-state index in [9.17, 15) is 5.11 Å². The van der Waals surface area contributed by atoms with Crippen LogP contribution in [-0.4, -0.2) is 24.4 Å². The van der Waals surface area contributed by atoms with Gasteiger partial charge in [0.05, 0.1) is 6.10 Å². The molecule has 0 heterocycles. The second-order valence-electron chi connectivity index (χ2n) is 5.22. The highest BCUT2D eigenvalue weighted by molar-refractivity contribution is 5.35. The van der Waals surface area contributed by atoms with E-state index in [-0.39, 0.29) is 6.10 Å². The molecule has 100 valence electrons. The predicted molar refractivity (Wildman–Crippen MR) is 73.9 cm³/mol. The predicted octanol–water partition coefficient (Wildman–Crippen LogP) is 2.90. The van der Waals surface area contributed by atoms with Crippen LogP contribution in [0.3, 0.4) is 0 Å². The van der Waals surface area contributed by atoms with Crippen molar-refractivity contribution >= 4 is 0 Å². The van der Waals surface area contributed by atoms with Crippen LogP contribution in [0.5, 0.6) is 0 Å². The van der Waals surface area contributed by atoms with Gasteiger partial charge in [-0.2, -0.15) is 0 Å². The summed E-state index contributed by atoms with van der Waals surface area (Å²) in [4.78, 5) is 0. The minimum absolute atomic E-state index is 0.277. The molecule has 0 saturated heterocycles.